The summed E-state index contributed by atoms with van der Waals surface area (Å²) >= 11 is 0. The Kier molecular flexibility index (Phi) is 4.61. The minimum absolute atomic E-state index is 0.0923. The Hall–Kier alpha value is -2.29. The van der Waals surface area contributed by atoms with Gasteiger partial charge in [-0.15, -0.1) is 4.83 Å². The molecular formula is C16H16N2O5S. The lowest BCUT2D eigenvalue weighted by Gasteiger charge is -2.20. The van der Waals surface area contributed by atoms with Gasteiger partial charge >= 0.3 is 5.97 Å². The molecule has 1 aliphatic rings. The van der Waals surface area contributed by atoms with Gasteiger partial charge in [-0.3, -0.25) is 4.79 Å². The van der Waals surface area contributed by atoms with E-state index in [0.717, 1.165) is 10.8 Å². The summed E-state index contributed by atoms with van der Waals surface area (Å²) in [6, 6.07) is 11.4. The van der Waals surface area contributed by atoms with Crippen molar-refractivity contribution in [2.24, 2.45) is 0 Å². The lowest BCUT2D eigenvalue weighted by Crippen LogP contribution is -2.46. The van der Waals surface area contributed by atoms with Crippen molar-refractivity contribution in [2.45, 2.75) is 23.8 Å². The van der Waals surface area contributed by atoms with Gasteiger partial charge < -0.3 is 9.53 Å². The molecule has 1 fully saturated rings. The highest BCUT2D eigenvalue weighted by molar-refractivity contribution is 7.89. The van der Waals surface area contributed by atoms with Gasteiger partial charge in [-0.1, -0.05) is 30.3 Å². The quantitative estimate of drug-likeness (QED) is 0.623. The molecular weight excluding hydrogens is 332 g/mol. The maximum atomic E-state index is 12.6. The predicted molar refractivity (Wildman–Crippen MR) is 86.2 cm³/mol. The van der Waals surface area contributed by atoms with Crippen molar-refractivity contribution in [3.05, 3.63) is 42.5 Å². The molecule has 0 spiro atoms. The molecule has 1 unspecified atom stereocenters. The van der Waals surface area contributed by atoms with Gasteiger partial charge in [0, 0.05) is 6.42 Å². The first-order valence-electron chi connectivity index (χ1n) is 7.39. The molecule has 2 aromatic rings. The highest BCUT2D eigenvalue weighted by atomic mass is 32.2. The van der Waals surface area contributed by atoms with Crippen molar-refractivity contribution in [3.63, 3.8) is 0 Å². The lowest BCUT2D eigenvalue weighted by molar-refractivity contribution is -0.139. The van der Waals surface area contributed by atoms with Gasteiger partial charge in [0.25, 0.3) is 10.0 Å². The van der Waals surface area contributed by atoms with Crippen LogP contribution in [0.15, 0.2) is 47.4 Å². The molecule has 0 aliphatic carbocycles. The van der Waals surface area contributed by atoms with E-state index < -0.39 is 22.0 Å². The zero-order valence-electron chi connectivity index (χ0n) is 12.7. The Morgan fingerprint density at radius 3 is 2.71 bits per heavy atom. The molecule has 0 saturated carbocycles. The zero-order chi connectivity index (χ0) is 17.2. The standard InChI is InChI=1S/C16H16N2O5S/c19-9-3-6-15-16(20)23-11-18(15)17-24(21,22)14-8-7-12-4-1-2-5-13(12)10-14/h1-2,4-5,7-10,15,17H,3,6,11H2. The number of rotatable bonds is 6. The topological polar surface area (TPSA) is 92.8 Å². The number of nitrogens with zero attached hydrogens (tertiary/aromatic N) is 1. The van der Waals surface area contributed by atoms with Crippen LogP contribution in [0, 0.1) is 0 Å². The number of sulfonamides is 1. The van der Waals surface area contributed by atoms with Crippen molar-refractivity contribution in [1.29, 1.82) is 0 Å². The van der Waals surface area contributed by atoms with Crippen molar-refractivity contribution in [2.75, 3.05) is 6.73 Å². The maximum Gasteiger partial charge on any atom is 0.326 e. The number of ether oxygens (including phenoxy) is 1. The second kappa shape index (κ2) is 6.68. The Morgan fingerprint density at radius 2 is 1.96 bits per heavy atom. The van der Waals surface area contributed by atoms with E-state index in [4.69, 9.17) is 4.74 Å². The van der Waals surface area contributed by atoms with Gasteiger partial charge in [-0.05, 0) is 29.3 Å². The minimum Gasteiger partial charge on any atom is -0.447 e. The third-order valence-corrected chi connectivity index (χ3v) is 5.17. The number of cyclic esters (lactones) is 1. The van der Waals surface area contributed by atoms with Gasteiger partial charge in [-0.2, -0.15) is 5.01 Å². The average Bonchev–Trinajstić information content (AvgIpc) is 2.91. The summed E-state index contributed by atoms with van der Waals surface area (Å²) in [6.45, 7) is -0.185. The van der Waals surface area contributed by atoms with Gasteiger partial charge in [0.1, 0.15) is 12.3 Å². The van der Waals surface area contributed by atoms with Crippen LogP contribution >= 0.6 is 0 Å². The van der Waals surface area contributed by atoms with E-state index >= 15 is 0 Å². The van der Waals surface area contributed by atoms with Crippen molar-refractivity contribution >= 4 is 33.1 Å². The van der Waals surface area contributed by atoms with Crippen LogP contribution in [-0.4, -0.2) is 38.5 Å². The van der Waals surface area contributed by atoms with E-state index in [2.05, 4.69) is 4.83 Å². The number of aldehydes is 1. The van der Waals surface area contributed by atoms with E-state index in [1.807, 2.05) is 24.3 Å². The van der Waals surface area contributed by atoms with Crippen LogP contribution in [0.3, 0.4) is 0 Å². The summed E-state index contributed by atoms with van der Waals surface area (Å²) in [5, 5.41) is 2.93. The molecule has 126 valence electrons. The Bertz CT molecular complexity index is 881. The molecule has 0 amide bonds. The highest BCUT2D eigenvalue weighted by Crippen LogP contribution is 2.21. The van der Waals surface area contributed by atoms with Crippen LogP contribution in [0.1, 0.15) is 12.8 Å². The van der Waals surface area contributed by atoms with E-state index in [1.54, 1.807) is 12.1 Å². The number of benzene rings is 2. The number of nitrogens with one attached hydrogen (secondary N) is 1. The number of fused-ring (bicyclic) bond motifs is 1. The largest absolute Gasteiger partial charge is 0.447 e. The summed E-state index contributed by atoms with van der Waals surface area (Å²) in [7, 11) is -3.86. The van der Waals surface area contributed by atoms with Crippen molar-refractivity contribution in [1.82, 2.24) is 9.84 Å². The van der Waals surface area contributed by atoms with E-state index in [-0.39, 0.29) is 24.5 Å². The molecule has 1 aliphatic heterocycles. The maximum absolute atomic E-state index is 12.6. The van der Waals surface area contributed by atoms with Gasteiger partial charge in [-0.25, -0.2) is 8.42 Å². The molecule has 24 heavy (non-hydrogen) atoms. The normalized spacial score (nSPS) is 18.7. The third kappa shape index (κ3) is 3.30. The fraction of sp³-hybridized carbons (Fsp3) is 0.250. The second-order valence-electron chi connectivity index (χ2n) is 5.43. The Balaban J connectivity index is 1.84. The van der Waals surface area contributed by atoms with Crippen molar-refractivity contribution in [3.8, 4) is 0 Å². The molecule has 1 saturated heterocycles. The Morgan fingerprint density at radius 1 is 1.21 bits per heavy atom. The Labute approximate surface area is 139 Å². The van der Waals surface area contributed by atoms with Crippen molar-refractivity contribution < 1.29 is 22.7 Å². The number of carbonyl (C=O) groups excluding carboxylic acids is 2. The molecule has 8 heteroatoms. The first-order chi connectivity index (χ1) is 11.5. The van der Waals surface area contributed by atoms with Gasteiger partial charge in [0.2, 0.25) is 0 Å². The highest BCUT2D eigenvalue weighted by Gasteiger charge is 2.36. The smallest absolute Gasteiger partial charge is 0.326 e. The summed E-state index contributed by atoms with van der Waals surface area (Å²) in [5.74, 6) is -0.543. The molecule has 0 radical (unpaired) electrons. The molecule has 0 bridgehead atoms. The number of hydrogen-bond acceptors (Lipinski definition) is 6. The SMILES string of the molecule is O=CCCC1C(=O)OCN1NS(=O)(=O)c1ccc2ccccc2c1. The lowest BCUT2D eigenvalue weighted by atomic mass is 10.1. The number of esters is 1. The molecule has 2 aromatic carbocycles. The first-order valence-corrected chi connectivity index (χ1v) is 8.88. The zero-order valence-corrected chi connectivity index (χ0v) is 13.5. The molecule has 1 heterocycles. The van der Waals surface area contributed by atoms with Crippen LogP contribution in [0.5, 0.6) is 0 Å². The molecule has 7 nitrogen and oxygen atoms in total. The average molecular weight is 348 g/mol. The molecule has 1 atom stereocenters. The van der Waals surface area contributed by atoms with Crippen LogP contribution in [0.25, 0.3) is 10.8 Å². The van der Waals surface area contributed by atoms with Crippen LogP contribution in [0.4, 0.5) is 0 Å². The number of hydrazine groups is 1. The first kappa shape index (κ1) is 16.6. The summed E-state index contributed by atoms with van der Waals surface area (Å²) in [5.41, 5.74) is 0. The minimum atomic E-state index is -3.86. The third-order valence-electron chi connectivity index (χ3n) is 3.82. The molecule has 3 rings (SSSR count). The fourth-order valence-electron chi connectivity index (χ4n) is 2.58. The summed E-state index contributed by atoms with van der Waals surface area (Å²) < 4.78 is 30.0. The van der Waals surface area contributed by atoms with E-state index in [0.29, 0.717) is 6.29 Å². The van der Waals surface area contributed by atoms with Gasteiger partial charge in [0.15, 0.2) is 6.73 Å². The van der Waals surface area contributed by atoms with E-state index in [1.165, 1.54) is 11.1 Å². The molecule has 1 N–H and O–H groups in total. The number of carbonyl (C=O) groups is 2. The monoisotopic (exact) mass is 348 g/mol. The van der Waals surface area contributed by atoms with Crippen LogP contribution < -0.4 is 4.83 Å². The number of hydrogen-bond donors (Lipinski definition) is 1. The van der Waals surface area contributed by atoms with Gasteiger partial charge in [0.05, 0.1) is 4.90 Å². The predicted octanol–water partition coefficient (Wildman–Crippen LogP) is 1.20. The molecule has 0 aromatic heterocycles. The van der Waals surface area contributed by atoms with Crippen LogP contribution in [0.2, 0.25) is 0 Å². The second-order valence-corrected chi connectivity index (χ2v) is 7.09. The fourth-order valence-corrected chi connectivity index (χ4v) is 3.70. The van der Waals surface area contributed by atoms with Crippen LogP contribution in [-0.2, 0) is 24.3 Å². The van der Waals surface area contributed by atoms with E-state index in [9.17, 15) is 18.0 Å². The summed E-state index contributed by atoms with van der Waals surface area (Å²) in [6.07, 6.45) is 1.03. The summed E-state index contributed by atoms with van der Waals surface area (Å²) in [4.78, 5) is 24.6.